The van der Waals surface area contributed by atoms with Crippen LogP contribution >= 0.6 is 0 Å². The van der Waals surface area contributed by atoms with E-state index >= 15 is 0 Å². The van der Waals surface area contributed by atoms with Crippen molar-refractivity contribution >= 4 is 65.2 Å². The van der Waals surface area contributed by atoms with E-state index in [2.05, 4.69) is 26.6 Å². The fourth-order valence-electron chi connectivity index (χ4n) is 8.53. The van der Waals surface area contributed by atoms with Crippen molar-refractivity contribution < 1.29 is 78.3 Å². The Morgan fingerprint density at radius 3 is 1.04 bits per heavy atom. The smallest absolute Gasteiger partial charge is 0.326 e. The second kappa shape index (κ2) is 38.1. The molecule has 1 saturated carbocycles. The van der Waals surface area contributed by atoms with Gasteiger partial charge in [-0.05, 0) is 70.1 Å². The first kappa shape index (κ1) is 64.4. The van der Waals surface area contributed by atoms with Crippen molar-refractivity contribution in [2.24, 2.45) is 17.8 Å². The molecule has 0 aromatic rings. The molecule has 1 aliphatic carbocycles. The van der Waals surface area contributed by atoms with Crippen LogP contribution < -0.4 is 26.6 Å². The molecule has 0 aromatic carbocycles. The fraction of sp³-hybridized carbons (Fsp3) is 0.784. The summed E-state index contributed by atoms with van der Waals surface area (Å²) in [4.78, 5) is 133. The maximum absolute atomic E-state index is 13.1. The fourth-order valence-corrected chi connectivity index (χ4v) is 8.53. The Morgan fingerprint density at radius 1 is 0.389 bits per heavy atom. The normalized spacial score (nSPS) is 16.0. The molecular formula is C51H85N5O16. The maximum Gasteiger partial charge on any atom is 0.326 e. The molecule has 21 nitrogen and oxygen atoms in total. The van der Waals surface area contributed by atoms with Gasteiger partial charge < -0.3 is 52.1 Å². The third-order valence-corrected chi connectivity index (χ3v) is 13.2. The van der Waals surface area contributed by atoms with E-state index in [1.807, 2.05) is 0 Å². The predicted molar refractivity (Wildman–Crippen MR) is 264 cm³/mol. The van der Waals surface area contributed by atoms with Gasteiger partial charge >= 0.3 is 29.8 Å². The topological polar surface area (TPSA) is 349 Å². The van der Waals surface area contributed by atoms with Crippen LogP contribution in [0.15, 0.2) is 0 Å². The van der Waals surface area contributed by atoms with Crippen molar-refractivity contribution in [3.8, 4) is 0 Å². The van der Waals surface area contributed by atoms with E-state index in [1.165, 1.54) is 64.2 Å². The van der Waals surface area contributed by atoms with E-state index in [0.29, 0.717) is 38.6 Å². The minimum Gasteiger partial charge on any atom is -0.481 e. The Kier molecular flexibility index (Phi) is 34.0. The van der Waals surface area contributed by atoms with Crippen LogP contribution in [0, 0.1) is 17.8 Å². The number of rotatable bonds is 43. The lowest BCUT2D eigenvalue weighted by molar-refractivity contribution is -0.144. The van der Waals surface area contributed by atoms with Crippen molar-refractivity contribution in [1.82, 2.24) is 26.6 Å². The number of aliphatic carboxylic acids is 5. The molecule has 21 heteroatoms. The highest BCUT2D eigenvalue weighted by Gasteiger charge is 2.31. The number of nitrogens with one attached hydrogen (secondary N) is 5. The molecule has 0 spiro atoms. The third-order valence-electron chi connectivity index (χ3n) is 13.2. The number of carbonyl (C=O) groups excluding carboxylic acids is 6. The molecule has 1 fully saturated rings. The minimum atomic E-state index is -1.62. The summed E-state index contributed by atoms with van der Waals surface area (Å²) >= 11 is 0. The first-order chi connectivity index (χ1) is 34.2. The second-order valence-electron chi connectivity index (χ2n) is 19.6. The number of unbranched alkanes of at least 4 members (excludes halogenated alkanes) is 15. The number of hydrogen-bond acceptors (Lipinski definition) is 11. The van der Waals surface area contributed by atoms with Crippen LogP contribution in [0.4, 0.5) is 0 Å². The molecule has 0 heterocycles. The van der Waals surface area contributed by atoms with E-state index in [1.54, 1.807) is 13.8 Å². The zero-order valence-electron chi connectivity index (χ0n) is 42.7. The summed E-state index contributed by atoms with van der Waals surface area (Å²) in [7, 11) is 0. The van der Waals surface area contributed by atoms with Gasteiger partial charge in [0.1, 0.15) is 30.0 Å². The molecule has 72 heavy (non-hydrogen) atoms. The first-order valence-corrected chi connectivity index (χ1v) is 26.3. The molecule has 0 unspecified atom stereocenters. The number of amides is 5. The molecule has 0 radical (unpaired) electrons. The Labute approximate surface area is 423 Å². The molecule has 0 aromatic heterocycles. The second-order valence-corrected chi connectivity index (χ2v) is 19.6. The quantitative estimate of drug-likeness (QED) is 0.0330. The van der Waals surface area contributed by atoms with Crippen molar-refractivity contribution in [3.63, 3.8) is 0 Å². The van der Waals surface area contributed by atoms with Gasteiger partial charge in [-0.3, -0.25) is 33.6 Å². The lowest BCUT2D eigenvalue weighted by Crippen LogP contribution is -2.46. The molecular weight excluding hydrogens is 939 g/mol. The van der Waals surface area contributed by atoms with E-state index < -0.39 is 116 Å². The van der Waals surface area contributed by atoms with Gasteiger partial charge in [-0.15, -0.1) is 0 Å². The van der Waals surface area contributed by atoms with Gasteiger partial charge in [0.05, 0.1) is 0 Å². The van der Waals surface area contributed by atoms with Crippen molar-refractivity contribution in [2.75, 3.05) is 6.54 Å². The van der Waals surface area contributed by atoms with Gasteiger partial charge in [-0.2, -0.15) is 0 Å². The van der Waals surface area contributed by atoms with Crippen LogP contribution in [0.5, 0.6) is 0 Å². The number of carboxylic acids is 5. The third kappa shape index (κ3) is 31.7. The average molecular weight is 1020 g/mol. The number of hydrogen-bond donors (Lipinski definition) is 10. The first-order valence-electron chi connectivity index (χ1n) is 26.3. The van der Waals surface area contributed by atoms with Crippen LogP contribution in [0.2, 0.25) is 0 Å². The molecule has 1 rings (SSSR count). The van der Waals surface area contributed by atoms with Crippen LogP contribution in [0.25, 0.3) is 0 Å². The largest absolute Gasteiger partial charge is 0.481 e. The summed E-state index contributed by atoms with van der Waals surface area (Å²) < 4.78 is 0. The minimum absolute atomic E-state index is 0.00603. The van der Waals surface area contributed by atoms with E-state index in [-0.39, 0.29) is 49.2 Å². The molecule has 410 valence electrons. The zero-order valence-corrected chi connectivity index (χ0v) is 42.7. The van der Waals surface area contributed by atoms with Gasteiger partial charge in [0.15, 0.2) is 0 Å². The average Bonchev–Trinajstić information content (AvgIpc) is 3.32. The Bertz CT molecular complexity index is 1730. The molecule has 0 saturated heterocycles. The molecule has 1 aliphatic rings. The summed E-state index contributed by atoms with van der Waals surface area (Å²) in [6, 6.07) is -6.05. The number of carboxylic acid groups (broad SMARTS) is 5. The van der Waals surface area contributed by atoms with Crippen LogP contribution in [-0.2, 0) is 52.7 Å². The summed E-state index contributed by atoms with van der Waals surface area (Å²) in [5.41, 5.74) is 0. The monoisotopic (exact) mass is 1020 g/mol. The van der Waals surface area contributed by atoms with E-state index in [9.17, 15) is 73.2 Å². The van der Waals surface area contributed by atoms with Crippen LogP contribution in [0.1, 0.15) is 206 Å². The molecule has 4 atom stereocenters. The summed E-state index contributed by atoms with van der Waals surface area (Å²) in [5.74, 6) is -10.4. The molecule has 10 N–H and O–H groups in total. The highest BCUT2D eigenvalue weighted by atomic mass is 16.4. The van der Waals surface area contributed by atoms with Gasteiger partial charge in [-0.1, -0.05) is 104 Å². The predicted octanol–water partition coefficient (Wildman–Crippen LogP) is 5.64. The summed E-state index contributed by atoms with van der Waals surface area (Å²) in [6.07, 6.45) is 18.2. The maximum atomic E-state index is 13.1. The number of carbonyl (C=O) groups is 11. The Hall–Kier alpha value is -5.63. The van der Waals surface area contributed by atoms with Crippen molar-refractivity contribution in [3.05, 3.63) is 0 Å². The van der Waals surface area contributed by atoms with Crippen LogP contribution in [-0.4, -0.2) is 121 Å². The number of ketones is 1. The van der Waals surface area contributed by atoms with Gasteiger partial charge in [0, 0.05) is 56.9 Å². The standard InChI is InChI=1S/C51H85N5O16/c1-34(2)41(57)29-25-37(48(65)66)53-43(59)30-26-38(49(67)68)54-44(60)31-27-39(50(69)70)55-45(61)32-28-40(51(71)72)56-47(64)36-23-21-35(22-24-36)33-52-42(58)19-17-15-13-11-9-7-5-3-4-6-8-10-12-14-16-18-20-46(62)63/h34-40H,3-33H2,1-2H3,(H,52,58)(H,53,59)(H,54,60)(H,55,61)(H,56,64)(H,62,63)(H,65,66)(H,67,68)(H,69,70)(H,71,72)/t35-,36-,37-,38-,39-,40-/m0/s1. The summed E-state index contributed by atoms with van der Waals surface area (Å²) in [5, 5.41) is 59.2. The highest BCUT2D eigenvalue weighted by Crippen LogP contribution is 2.29. The highest BCUT2D eigenvalue weighted by molar-refractivity contribution is 5.89. The van der Waals surface area contributed by atoms with Crippen molar-refractivity contribution in [1.29, 1.82) is 0 Å². The lowest BCUT2D eigenvalue weighted by Gasteiger charge is -2.28. The Balaban J connectivity index is 2.32. The summed E-state index contributed by atoms with van der Waals surface area (Å²) in [6.45, 7) is 3.80. The van der Waals surface area contributed by atoms with Gasteiger partial charge in [-0.25, -0.2) is 19.2 Å². The zero-order chi connectivity index (χ0) is 53.8. The van der Waals surface area contributed by atoms with Gasteiger partial charge in [0.2, 0.25) is 29.5 Å². The van der Waals surface area contributed by atoms with Crippen molar-refractivity contribution in [2.45, 2.75) is 231 Å². The van der Waals surface area contributed by atoms with E-state index in [4.69, 9.17) is 5.11 Å². The number of Topliss-reactive ketones (excluding diaryl/α,β-unsaturated/α-hetero) is 1. The lowest BCUT2D eigenvalue weighted by atomic mass is 9.81. The SMILES string of the molecule is CC(C)C(=O)CC[C@H](NC(=O)CC[C@H](NC(=O)CC[C@H](NC(=O)CC[C@H](NC(=O)[C@H]1CC[C@H](CNC(=O)CCCCCCCCCCCCCCCCCCC(=O)O)CC1)C(=O)O)C(=O)O)C(=O)O)C(=O)O. The van der Waals surface area contributed by atoms with Gasteiger partial charge in [0.25, 0.3) is 0 Å². The van der Waals surface area contributed by atoms with Crippen LogP contribution in [0.3, 0.4) is 0 Å². The Morgan fingerprint density at radius 2 is 0.708 bits per heavy atom. The van der Waals surface area contributed by atoms with E-state index in [0.717, 1.165) is 38.5 Å². The molecule has 0 aliphatic heterocycles. The molecule has 0 bridgehead atoms. The molecule has 5 amide bonds.